The van der Waals surface area contributed by atoms with E-state index in [9.17, 15) is 0 Å². The van der Waals surface area contributed by atoms with Gasteiger partial charge in [-0.05, 0) is 57.8 Å². The molecule has 0 spiro atoms. The van der Waals surface area contributed by atoms with Crippen LogP contribution in [0.15, 0.2) is 146 Å². The summed E-state index contributed by atoms with van der Waals surface area (Å²) in [6.07, 6.45) is 0. The van der Waals surface area contributed by atoms with Crippen LogP contribution in [-0.2, 0) is 5.41 Å². The topological polar surface area (TPSA) is 30.2 Å². The van der Waals surface area contributed by atoms with Gasteiger partial charge in [0.2, 0.25) is 0 Å². The van der Waals surface area contributed by atoms with Crippen LogP contribution >= 0.6 is 0 Å². The number of fused-ring (bicyclic) bond motifs is 9. The number of pyridine rings is 1. The molecule has 1 aliphatic carbocycles. The lowest BCUT2D eigenvalue weighted by molar-refractivity contribution is 0.767. The second kappa shape index (κ2) is 10.6. The Labute approximate surface area is 263 Å². The van der Waals surface area contributed by atoms with Gasteiger partial charge in [0.05, 0.1) is 10.9 Å². The lowest BCUT2D eigenvalue weighted by atomic mass is 9.67. The van der Waals surface area contributed by atoms with E-state index in [1.54, 1.807) is 0 Å². The predicted octanol–water partition coefficient (Wildman–Crippen LogP) is 10.4. The van der Waals surface area contributed by atoms with E-state index in [0.29, 0.717) is 0 Å². The van der Waals surface area contributed by atoms with Crippen molar-refractivity contribution in [3.63, 3.8) is 0 Å². The minimum absolute atomic E-state index is 0.468. The second-order valence-corrected chi connectivity index (χ2v) is 11.5. The molecule has 0 amide bonds. The van der Waals surface area contributed by atoms with Gasteiger partial charge in [0, 0.05) is 16.3 Å². The molecule has 45 heavy (non-hydrogen) atoms. The first kappa shape index (κ1) is 27.0. The van der Waals surface area contributed by atoms with E-state index in [1.807, 2.05) is 13.8 Å². The molecule has 6 aromatic carbocycles. The zero-order chi connectivity index (χ0) is 30.5. The molecule has 0 atom stereocenters. The fraction of sp³-hybridized carbons (Fsp3) is 0.0952. The van der Waals surface area contributed by atoms with Crippen LogP contribution in [0.4, 0.5) is 0 Å². The van der Waals surface area contributed by atoms with Crippen molar-refractivity contribution in [3.8, 4) is 22.5 Å². The summed E-state index contributed by atoms with van der Waals surface area (Å²) in [5, 5.41) is 13.1. The fourth-order valence-corrected chi connectivity index (χ4v) is 7.42. The summed E-state index contributed by atoms with van der Waals surface area (Å²) in [5.74, 6) is 0.849. The highest BCUT2D eigenvalue weighted by molar-refractivity contribution is 6.12. The van der Waals surface area contributed by atoms with Crippen molar-refractivity contribution in [2.75, 3.05) is 0 Å². The van der Waals surface area contributed by atoms with Crippen LogP contribution in [0.3, 0.4) is 0 Å². The maximum absolute atomic E-state index is 4.86. The van der Waals surface area contributed by atoms with E-state index >= 15 is 0 Å². The van der Waals surface area contributed by atoms with E-state index in [-0.39, 0.29) is 0 Å². The Hall–Kier alpha value is -5.54. The number of aromatic nitrogens is 3. The van der Waals surface area contributed by atoms with Crippen molar-refractivity contribution in [1.29, 1.82) is 0 Å². The summed E-state index contributed by atoms with van der Waals surface area (Å²) in [5.41, 5.74) is 11.5. The number of hydrogen-bond acceptors (Lipinski definition) is 2. The maximum atomic E-state index is 4.86. The van der Waals surface area contributed by atoms with E-state index in [4.69, 9.17) is 10.2 Å². The second-order valence-electron chi connectivity index (χ2n) is 11.5. The zero-order valence-corrected chi connectivity index (χ0v) is 25.7. The quantitative estimate of drug-likeness (QED) is 0.195. The van der Waals surface area contributed by atoms with Crippen LogP contribution in [-0.4, -0.2) is 14.6 Å². The lowest BCUT2D eigenvalue weighted by Crippen LogP contribution is -2.28. The third-order valence-electron chi connectivity index (χ3n) is 9.23. The van der Waals surface area contributed by atoms with Crippen LogP contribution in [0.5, 0.6) is 0 Å². The highest BCUT2D eigenvalue weighted by Gasteiger charge is 2.46. The van der Waals surface area contributed by atoms with Crippen LogP contribution in [0.25, 0.3) is 49.8 Å². The normalized spacial score (nSPS) is 13.0. The monoisotopic (exact) mass is 579 g/mol. The van der Waals surface area contributed by atoms with Crippen molar-refractivity contribution in [2.45, 2.75) is 26.2 Å². The molecule has 0 saturated carbocycles. The van der Waals surface area contributed by atoms with Gasteiger partial charge >= 0.3 is 0 Å². The molecule has 0 bridgehead atoms. The fourth-order valence-electron chi connectivity index (χ4n) is 7.42. The van der Waals surface area contributed by atoms with Gasteiger partial charge in [-0.25, -0.2) is 0 Å². The Bertz CT molecular complexity index is 2310. The average Bonchev–Trinajstić information content (AvgIpc) is 3.68. The molecular formula is C42H33N3. The summed E-state index contributed by atoms with van der Waals surface area (Å²) in [6.45, 7) is 6.19. The summed E-state index contributed by atoms with van der Waals surface area (Å²) in [6, 6.07) is 52.7. The van der Waals surface area contributed by atoms with Crippen molar-refractivity contribution in [2.24, 2.45) is 0 Å². The van der Waals surface area contributed by atoms with Crippen molar-refractivity contribution in [1.82, 2.24) is 14.6 Å². The number of rotatable bonds is 3. The first-order valence-electron chi connectivity index (χ1n) is 15.8. The predicted molar refractivity (Wildman–Crippen MR) is 187 cm³/mol. The summed E-state index contributed by atoms with van der Waals surface area (Å²) in [7, 11) is 0. The molecule has 2 aromatic heterocycles. The molecule has 2 heterocycles. The van der Waals surface area contributed by atoms with Crippen molar-refractivity contribution in [3.05, 3.63) is 173 Å². The number of benzene rings is 6. The molecule has 0 N–H and O–H groups in total. The van der Waals surface area contributed by atoms with Gasteiger partial charge in [0.15, 0.2) is 11.5 Å². The minimum Gasteiger partial charge on any atom is -0.274 e. The molecule has 3 nitrogen and oxygen atoms in total. The number of para-hydroxylation sites is 1. The van der Waals surface area contributed by atoms with Gasteiger partial charge < -0.3 is 0 Å². The first-order valence-corrected chi connectivity index (χ1v) is 15.8. The molecular weight excluding hydrogens is 546 g/mol. The van der Waals surface area contributed by atoms with Crippen molar-refractivity contribution < 1.29 is 0 Å². The Morgan fingerprint density at radius 2 is 1.07 bits per heavy atom. The molecule has 9 rings (SSSR count). The molecule has 0 radical (unpaired) electrons. The highest BCUT2D eigenvalue weighted by Crippen LogP contribution is 2.56. The van der Waals surface area contributed by atoms with Gasteiger partial charge in [0.1, 0.15) is 0 Å². The molecule has 0 unspecified atom stereocenters. The number of aryl methyl sites for hydroxylation is 1. The number of nitrogens with zero attached hydrogens (tertiary/aromatic N) is 3. The van der Waals surface area contributed by atoms with Gasteiger partial charge in [-0.15, -0.1) is 10.2 Å². The van der Waals surface area contributed by atoms with Crippen LogP contribution in [0.2, 0.25) is 0 Å². The Kier molecular flexibility index (Phi) is 6.35. The van der Waals surface area contributed by atoms with Gasteiger partial charge in [0.25, 0.3) is 0 Å². The SMILES string of the molecule is CC.Cc1ccc2c(c1)C(c1ccccc1)(c1ccccc1)c1cc(-c3nnc4c5ccccc5c5ccccc5n34)ccc1-2. The van der Waals surface area contributed by atoms with Crippen LogP contribution < -0.4 is 0 Å². The van der Waals surface area contributed by atoms with E-state index in [0.717, 1.165) is 27.9 Å². The molecule has 1 aliphatic rings. The summed E-state index contributed by atoms with van der Waals surface area (Å²) >= 11 is 0. The summed E-state index contributed by atoms with van der Waals surface area (Å²) in [4.78, 5) is 0. The van der Waals surface area contributed by atoms with E-state index in [1.165, 1.54) is 49.7 Å². The Balaban J connectivity index is 0.00000147. The summed E-state index contributed by atoms with van der Waals surface area (Å²) < 4.78 is 2.23. The highest BCUT2D eigenvalue weighted by atomic mass is 15.2. The maximum Gasteiger partial charge on any atom is 0.169 e. The smallest absolute Gasteiger partial charge is 0.169 e. The lowest BCUT2D eigenvalue weighted by Gasteiger charge is -2.34. The minimum atomic E-state index is -0.468. The molecule has 3 heteroatoms. The standard InChI is InChI=1S/C40H27N3.C2H6/c1-26-20-22-31-32-23-21-27(38-41-42-39-34-18-9-8-16-30(34)33-17-10-11-19-37(33)43(38)39)25-36(32)40(35(31)24-26,28-12-4-2-5-13-28)29-14-6-3-7-15-29;1-2/h2-25H,1H3;1-2H3. The van der Waals surface area contributed by atoms with Crippen molar-refractivity contribution >= 4 is 27.3 Å². The largest absolute Gasteiger partial charge is 0.274 e. The van der Waals surface area contributed by atoms with Gasteiger partial charge in [-0.1, -0.05) is 153 Å². The third kappa shape index (κ3) is 3.84. The molecule has 8 aromatic rings. The molecule has 0 aliphatic heterocycles. The van der Waals surface area contributed by atoms with Crippen LogP contribution in [0, 0.1) is 6.92 Å². The van der Waals surface area contributed by atoms with Gasteiger partial charge in [-0.2, -0.15) is 0 Å². The van der Waals surface area contributed by atoms with Crippen LogP contribution in [0.1, 0.15) is 41.7 Å². The number of hydrogen-bond donors (Lipinski definition) is 0. The zero-order valence-electron chi connectivity index (χ0n) is 25.7. The van der Waals surface area contributed by atoms with Gasteiger partial charge in [-0.3, -0.25) is 4.40 Å². The Morgan fingerprint density at radius 1 is 0.511 bits per heavy atom. The van der Waals surface area contributed by atoms with E-state index in [2.05, 4.69) is 157 Å². The third-order valence-corrected chi connectivity index (χ3v) is 9.23. The molecule has 216 valence electrons. The average molecular weight is 580 g/mol. The van der Waals surface area contributed by atoms with E-state index < -0.39 is 5.41 Å². The Morgan fingerprint density at radius 3 is 1.76 bits per heavy atom. The molecule has 0 fully saturated rings. The molecule has 0 saturated heterocycles. The first-order chi connectivity index (χ1) is 22.2.